The van der Waals surface area contributed by atoms with E-state index in [9.17, 15) is 9.90 Å². The second-order valence-electron chi connectivity index (χ2n) is 11.6. The van der Waals surface area contributed by atoms with Crippen molar-refractivity contribution in [1.82, 2.24) is 15.1 Å². The van der Waals surface area contributed by atoms with Crippen molar-refractivity contribution in [2.75, 3.05) is 53.4 Å². The maximum Gasteiger partial charge on any atom is 0.153 e. The molecule has 0 amide bonds. The van der Waals surface area contributed by atoms with E-state index in [-0.39, 0.29) is 23.0 Å². The fourth-order valence-electron chi connectivity index (χ4n) is 6.66. The van der Waals surface area contributed by atoms with Gasteiger partial charge in [-0.25, -0.2) is 0 Å². The van der Waals surface area contributed by atoms with Crippen LogP contribution in [0, 0.1) is 5.41 Å². The zero-order chi connectivity index (χ0) is 24.3. The van der Waals surface area contributed by atoms with Crippen LogP contribution in [0.3, 0.4) is 0 Å². The van der Waals surface area contributed by atoms with Crippen molar-refractivity contribution in [3.63, 3.8) is 0 Å². The van der Waals surface area contributed by atoms with Crippen molar-refractivity contribution in [3.05, 3.63) is 29.3 Å². The summed E-state index contributed by atoms with van der Waals surface area (Å²) in [5.41, 5.74) is 2.07. The van der Waals surface area contributed by atoms with Gasteiger partial charge in [0.2, 0.25) is 0 Å². The van der Waals surface area contributed by atoms with E-state index in [4.69, 9.17) is 4.74 Å². The number of hydrogen-bond donors (Lipinski definition) is 2. The Bertz CT molecular complexity index is 841. The number of ether oxygens (including phenoxy) is 1. The molecule has 1 saturated carbocycles. The Balaban J connectivity index is 1.44. The van der Waals surface area contributed by atoms with E-state index in [0.717, 1.165) is 71.2 Å². The normalized spacial score (nSPS) is 27.3. The smallest absolute Gasteiger partial charge is 0.153 e. The summed E-state index contributed by atoms with van der Waals surface area (Å²) >= 11 is 0. The monoisotopic (exact) mass is 471 g/mol. The summed E-state index contributed by atoms with van der Waals surface area (Å²) in [6, 6.07) is 5.84. The molecule has 1 heterocycles. The van der Waals surface area contributed by atoms with E-state index in [2.05, 4.69) is 36.0 Å². The lowest BCUT2D eigenvalue weighted by Gasteiger charge is -2.46. The van der Waals surface area contributed by atoms with Gasteiger partial charge in [-0.2, -0.15) is 0 Å². The van der Waals surface area contributed by atoms with Crippen LogP contribution in [0.15, 0.2) is 18.2 Å². The van der Waals surface area contributed by atoms with E-state index >= 15 is 0 Å². The van der Waals surface area contributed by atoms with Gasteiger partial charge in [-0.1, -0.05) is 39.2 Å². The first-order valence-electron chi connectivity index (χ1n) is 13.3. The van der Waals surface area contributed by atoms with Gasteiger partial charge in [0.05, 0.1) is 12.6 Å². The highest BCUT2D eigenvalue weighted by Gasteiger charge is 2.44. The molecule has 1 aliphatic heterocycles. The summed E-state index contributed by atoms with van der Waals surface area (Å²) in [7, 11) is 3.95. The number of benzene rings is 1. The van der Waals surface area contributed by atoms with Gasteiger partial charge in [0.15, 0.2) is 5.78 Å². The lowest BCUT2D eigenvalue weighted by molar-refractivity contribution is -0.132. The maximum absolute atomic E-state index is 13.7. The lowest BCUT2D eigenvalue weighted by atomic mass is 9.67. The van der Waals surface area contributed by atoms with Crippen LogP contribution in [-0.4, -0.2) is 86.3 Å². The molecule has 1 saturated heterocycles. The quantitative estimate of drug-likeness (QED) is 0.606. The number of nitrogens with zero attached hydrogens (tertiary/aromatic N) is 2. The number of phenolic OH excluding ortho intramolecular Hbond substituents is 1. The van der Waals surface area contributed by atoms with E-state index in [0.29, 0.717) is 18.1 Å². The number of ketones is 1. The second-order valence-corrected chi connectivity index (χ2v) is 11.6. The first-order chi connectivity index (χ1) is 16.2. The Morgan fingerprint density at radius 1 is 1.15 bits per heavy atom. The van der Waals surface area contributed by atoms with Crippen LogP contribution in [0.25, 0.3) is 0 Å². The molecular formula is C28H45N3O3. The standard InChI is InChI=1S/C28H45N3O3/c1-27(2)23-19-22(32)9-8-21(23)18-24(34-4)26(27)29-13-12-28(10-6-5-7-11-28)25(33)20-31-16-14-30(3)15-17-31/h8-9,19,24,26,29,32H,5-7,10-18,20H2,1-4H3. The van der Waals surface area contributed by atoms with Crippen molar-refractivity contribution in [2.45, 2.75) is 76.4 Å². The largest absolute Gasteiger partial charge is 0.508 e. The predicted molar refractivity (Wildman–Crippen MR) is 137 cm³/mol. The van der Waals surface area contributed by atoms with Crippen LogP contribution < -0.4 is 5.32 Å². The van der Waals surface area contributed by atoms with Crippen molar-refractivity contribution in [2.24, 2.45) is 5.41 Å². The minimum absolute atomic E-state index is 0.0652. The van der Waals surface area contributed by atoms with Crippen molar-refractivity contribution in [3.8, 4) is 5.75 Å². The third kappa shape index (κ3) is 5.35. The predicted octanol–water partition coefficient (Wildman–Crippen LogP) is 3.36. The highest BCUT2D eigenvalue weighted by atomic mass is 16.5. The number of carbonyl (C=O) groups is 1. The number of fused-ring (bicyclic) bond motifs is 1. The van der Waals surface area contributed by atoms with Crippen molar-refractivity contribution >= 4 is 5.78 Å². The van der Waals surface area contributed by atoms with E-state index in [1.165, 1.54) is 17.5 Å². The average Bonchev–Trinajstić information content (AvgIpc) is 2.83. The molecule has 0 aromatic heterocycles. The van der Waals surface area contributed by atoms with Crippen LogP contribution in [0.4, 0.5) is 0 Å². The molecule has 6 heteroatoms. The van der Waals surface area contributed by atoms with Crippen LogP contribution in [0.1, 0.15) is 63.5 Å². The Morgan fingerprint density at radius 3 is 2.53 bits per heavy atom. The zero-order valence-electron chi connectivity index (χ0n) is 21.7. The van der Waals surface area contributed by atoms with E-state index < -0.39 is 0 Å². The van der Waals surface area contributed by atoms with Crippen LogP contribution >= 0.6 is 0 Å². The first kappa shape index (κ1) is 25.6. The van der Waals surface area contributed by atoms with E-state index in [1.807, 2.05) is 12.1 Å². The van der Waals surface area contributed by atoms with Gasteiger partial charge in [-0.15, -0.1) is 0 Å². The average molecular weight is 472 g/mol. The molecule has 0 bridgehead atoms. The second kappa shape index (κ2) is 10.7. The summed E-state index contributed by atoms with van der Waals surface area (Å²) in [4.78, 5) is 18.4. The topological polar surface area (TPSA) is 65.0 Å². The van der Waals surface area contributed by atoms with Gasteiger partial charge in [0.25, 0.3) is 0 Å². The Kier molecular flexibility index (Phi) is 8.02. The lowest BCUT2D eigenvalue weighted by Crippen LogP contribution is -2.57. The molecule has 3 aliphatic rings. The molecule has 2 atom stereocenters. The molecule has 0 spiro atoms. The molecule has 34 heavy (non-hydrogen) atoms. The highest BCUT2D eigenvalue weighted by Crippen LogP contribution is 2.42. The molecule has 0 radical (unpaired) electrons. The number of piperazine rings is 1. The fourth-order valence-corrected chi connectivity index (χ4v) is 6.66. The minimum Gasteiger partial charge on any atom is -0.508 e. The van der Waals surface area contributed by atoms with Gasteiger partial charge < -0.3 is 20.1 Å². The number of Topliss-reactive ketones (excluding diaryl/α,β-unsaturated/α-hetero) is 1. The number of likely N-dealkylation sites (N-methyl/N-ethyl adjacent to an activating group) is 1. The maximum atomic E-state index is 13.7. The summed E-state index contributed by atoms with van der Waals surface area (Å²) in [5, 5.41) is 14.0. The zero-order valence-corrected chi connectivity index (χ0v) is 21.7. The number of carbonyl (C=O) groups excluding carboxylic acids is 1. The molecule has 6 nitrogen and oxygen atoms in total. The number of nitrogens with one attached hydrogen (secondary N) is 1. The number of rotatable bonds is 8. The van der Waals surface area contributed by atoms with Gasteiger partial charge >= 0.3 is 0 Å². The molecule has 2 fully saturated rings. The molecule has 2 aliphatic carbocycles. The number of aromatic hydroxyl groups is 1. The number of methoxy groups -OCH3 is 1. The van der Waals surface area contributed by atoms with Crippen molar-refractivity contribution in [1.29, 1.82) is 0 Å². The molecule has 4 rings (SSSR count). The third-order valence-corrected chi connectivity index (χ3v) is 8.99. The SMILES string of the molecule is COC1Cc2ccc(O)cc2C(C)(C)C1NCCC1(C(=O)CN2CCN(C)CC2)CCCCC1. The molecular weight excluding hydrogens is 426 g/mol. The molecule has 1 aromatic rings. The van der Waals surface area contributed by atoms with E-state index in [1.54, 1.807) is 13.2 Å². The van der Waals surface area contributed by atoms with Gasteiger partial charge in [-0.05, 0) is 56.1 Å². The summed E-state index contributed by atoms with van der Waals surface area (Å²) < 4.78 is 5.95. The Hall–Kier alpha value is -1.47. The van der Waals surface area contributed by atoms with Crippen molar-refractivity contribution < 1.29 is 14.6 Å². The Morgan fingerprint density at radius 2 is 1.85 bits per heavy atom. The summed E-state index contributed by atoms with van der Waals surface area (Å²) in [5.74, 6) is 0.775. The molecule has 1 aromatic carbocycles. The van der Waals surface area contributed by atoms with Crippen LogP contribution in [0.5, 0.6) is 5.75 Å². The van der Waals surface area contributed by atoms with Gasteiger partial charge in [0, 0.05) is 56.6 Å². The van der Waals surface area contributed by atoms with Gasteiger partial charge in [-0.3, -0.25) is 9.69 Å². The molecule has 2 N–H and O–H groups in total. The number of phenols is 1. The number of hydrogen-bond acceptors (Lipinski definition) is 6. The Labute approximate surface area is 206 Å². The molecule has 2 unspecified atom stereocenters. The highest BCUT2D eigenvalue weighted by molar-refractivity contribution is 5.86. The van der Waals surface area contributed by atoms with Gasteiger partial charge in [0.1, 0.15) is 5.75 Å². The fraction of sp³-hybridized carbons (Fsp3) is 0.750. The minimum atomic E-state index is -0.188. The van der Waals surface area contributed by atoms with Crippen LogP contribution in [0.2, 0.25) is 0 Å². The van der Waals surface area contributed by atoms with Crippen LogP contribution in [-0.2, 0) is 21.4 Å². The summed E-state index contributed by atoms with van der Waals surface area (Å²) in [6.07, 6.45) is 7.43. The summed E-state index contributed by atoms with van der Waals surface area (Å²) in [6.45, 7) is 9.99. The molecule has 190 valence electrons. The first-order valence-corrected chi connectivity index (χ1v) is 13.3. The third-order valence-electron chi connectivity index (χ3n) is 8.99.